The summed E-state index contributed by atoms with van der Waals surface area (Å²) in [7, 11) is 0. The number of carbonyl (C=O) groups excluding carboxylic acids is 1. The molecule has 6 nitrogen and oxygen atoms in total. The van der Waals surface area contributed by atoms with Crippen LogP contribution < -0.4 is 10.6 Å². The first-order chi connectivity index (χ1) is 12.3. The van der Waals surface area contributed by atoms with Crippen LogP contribution in [0.2, 0.25) is 10.0 Å². The summed E-state index contributed by atoms with van der Waals surface area (Å²) >= 11 is 16.7. The maximum absolute atomic E-state index is 13.3. The van der Waals surface area contributed by atoms with Crippen LogP contribution >= 0.6 is 35.4 Å². The third kappa shape index (κ3) is 5.48. The molecule has 26 heavy (non-hydrogen) atoms. The van der Waals surface area contributed by atoms with Crippen LogP contribution in [0.25, 0.3) is 6.08 Å². The van der Waals surface area contributed by atoms with Crippen LogP contribution in [-0.4, -0.2) is 15.9 Å². The van der Waals surface area contributed by atoms with Crippen molar-refractivity contribution in [2.24, 2.45) is 0 Å². The topological polar surface area (TPSA) is 84.3 Å². The van der Waals surface area contributed by atoms with Crippen molar-refractivity contribution in [1.82, 2.24) is 5.32 Å². The van der Waals surface area contributed by atoms with Gasteiger partial charge in [0.15, 0.2) is 5.11 Å². The van der Waals surface area contributed by atoms with Gasteiger partial charge in [0, 0.05) is 27.9 Å². The molecule has 0 bridgehead atoms. The molecule has 0 spiro atoms. The molecule has 0 aromatic heterocycles. The lowest BCUT2D eigenvalue weighted by atomic mass is 10.2. The molecule has 134 valence electrons. The van der Waals surface area contributed by atoms with Crippen LogP contribution in [-0.2, 0) is 4.79 Å². The highest BCUT2D eigenvalue weighted by molar-refractivity contribution is 7.80. The summed E-state index contributed by atoms with van der Waals surface area (Å²) in [5, 5.41) is 16.4. The van der Waals surface area contributed by atoms with E-state index in [-0.39, 0.29) is 10.8 Å². The first-order valence-corrected chi connectivity index (χ1v) is 8.11. The van der Waals surface area contributed by atoms with Gasteiger partial charge in [-0.15, -0.1) is 0 Å². The molecular weight excluding hydrogens is 404 g/mol. The lowest BCUT2D eigenvalue weighted by Crippen LogP contribution is -2.32. The summed E-state index contributed by atoms with van der Waals surface area (Å²) in [6, 6.07) is 7.95. The fourth-order valence-corrected chi connectivity index (χ4v) is 2.54. The fraction of sp³-hybridized carbons (Fsp3) is 0. The van der Waals surface area contributed by atoms with Gasteiger partial charge < -0.3 is 5.32 Å². The second-order valence-corrected chi connectivity index (χ2v) is 6.12. The zero-order chi connectivity index (χ0) is 19.3. The van der Waals surface area contributed by atoms with E-state index in [1.807, 2.05) is 0 Å². The summed E-state index contributed by atoms with van der Waals surface area (Å²) in [6.45, 7) is 0. The normalized spacial score (nSPS) is 10.6. The number of carbonyl (C=O) groups is 1. The third-order valence-electron chi connectivity index (χ3n) is 3.01. The van der Waals surface area contributed by atoms with Crippen molar-refractivity contribution in [1.29, 1.82) is 0 Å². The Bertz CT molecular complexity index is 922. The van der Waals surface area contributed by atoms with Crippen LogP contribution in [0.4, 0.5) is 15.8 Å². The van der Waals surface area contributed by atoms with E-state index in [9.17, 15) is 19.3 Å². The molecule has 0 unspecified atom stereocenters. The second-order valence-electron chi connectivity index (χ2n) is 4.87. The molecule has 0 aliphatic carbocycles. The van der Waals surface area contributed by atoms with Crippen molar-refractivity contribution < 1.29 is 14.1 Å². The molecule has 2 aromatic carbocycles. The van der Waals surface area contributed by atoms with Crippen LogP contribution in [0.3, 0.4) is 0 Å². The summed E-state index contributed by atoms with van der Waals surface area (Å²) in [5.74, 6) is -1.52. The Hall–Kier alpha value is -2.55. The summed E-state index contributed by atoms with van der Waals surface area (Å²) in [6.07, 6.45) is 2.68. The van der Waals surface area contributed by atoms with Crippen molar-refractivity contribution >= 4 is 63.9 Å². The Labute approximate surface area is 162 Å². The molecule has 0 aliphatic heterocycles. The maximum atomic E-state index is 13.3. The van der Waals surface area contributed by atoms with Crippen LogP contribution in [0.15, 0.2) is 42.5 Å². The van der Waals surface area contributed by atoms with Gasteiger partial charge in [-0.25, -0.2) is 0 Å². The monoisotopic (exact) mass is 413 g/mol. The number of halogens is 3. The molecule has 0 heterocycles. The number of nitrogens with zero attached hydrogens (tertiary/aromatic N) is 1. The standard InChI is InChI=1S/C16H10Cl2FN3O3S/c17-10-3-1-9(12(18)7-10)2-6-15(23)21-16(26)20-11-4-5-13(19)14(8-11)22(24)25/h1-8H,(H2,20,21,23,26)/b6-2+. The van der Waals surface area contributed by atoms with E-state index < -0.39 is 22.3 Å². The molecule has 2 N–H and O–H groups in total. The average Bonchev–Trinajstić information content (AvgIpc) is 2.55. The van der Waals surface area contributed by atoms with E-state index >= 15 is 0 Å². The van der Waals surface area contributed by atoms with E-state index in [4.69, 9.17) is 35.4 Å². The van der Waals surface area contributed by atoms with Crippen molar-refractivity contribution in [3.63, 3.8) is 0 Å². The van der Waals surface area contributed by atoms with Gasteiger partial charge in [0.25, 0.3) is 0 Å². The molecule has 1 amide bonds. The molecule has 2 aromatic rings. The number of rotatable bonds is 4. The highest BCUT2D eigenvalue weighted by atomic mass is 35.5. The van der Waals surface area contributed by atoms with E-state index in [2.05, 4.69) is 10.6 Å². The Morgan fingerprint density at radius 1 is 1.23 bits per heavy atom. The molecule has 10 heteroatoms. The predicted molar refractivity (Wildman–Crippen MR) is 103 cm³/mol. The Morgan fingerprint density at radius 2 is 1.96 bits per heavy atom. The molecule has 0 radical (unpaired) electrons. The molecule has 0 saturated carbocycles. The summed E-state index contributed by atoms with van der Waals surface area (Å²) < 4.78 is 13.3. The summed E-state index contributed by atoms with van der Waals surface area (Å²) in [5.41, 5.74) is 0.0359. The van der Waals surface area contributed by atoms with Crippen molar-refractivity contribution in [2.45, 2.75) is 0 Å². The average molecular weight is 414 g/mol. The van der Waals surface area contributed by atoms with Gasteiger partial charge in [-0.1, -0.05) is 29.3 Å². The minimum Gasteiger partial charge on any atom is -0.332 e. The molecule has 0 saturated heterocycles. The van der Waals surface area contributed by atoms with Gasteiger partial charge in [-0.2, -0.15) is 4.39 Å². The van der Waals surface area contributed by atoms with Gasteiger partial charge >= 0.3 is 5.69 Å². The van der Waals surface area contributed by atoms with Gasteiger partial charge in [0.05, 0.1) is 4.92 Å². The molecule has 0 atom stereocenters. The van der Waals surface area contributed by atoms with Crippen LogP contribution in [0.5, 0.6) is 0 Å². The van der Waals surface area contributed by atoms with Gasteiger partial charge in [0.1, 0.15) is 0 Å². The van der Waals surface area contributed by atoms with Gasteiger partial charge in [-0.3, -0.25) is 20.2 Å². The number of benzene rings is 2. The number of amides is 1. The number of hydrogen-bond donors (Lipinski definition) is 2. The number of thiocarbonyl (C=S) groups is 1. The molecular formula is C16H10Cl2FN3O3S. The van der Waals surface area contributed by atoms with Crippen molar-refractivity contribution in [3.05, 3.63) is 74.0 Å². The largest absolute Gasteiger partial charge is 0.332 e. The predicted octanol–water partition coefficient (Wildman–Crippen LogP) is 4.57. The molecule has 0 aliphatic rings. The number of nitrogens with one attached hydrogen (secondary N) is 2. The Kier molecular flexibility index (Phi) is 6.62. The minimum absolute atomic E-state index is 0.109. The smallest absolute Gasteiger partial charge is 0.306 e. The van der Waals surface area contributed by atoms with Crippen molar-refractivity contribution in [2.75, 3.05) is 5.32 Å². The van der Waals surface area contributed by atoms with Gasteiger partial charge in [-0.05, 0) is 48.1 Å². The van der Waals surface area contributed by atoms with Crippen molar-refractivity contribution in [3.8, 4) is 0 Å². The van der Waals surface area contributed by atoms with E-state index in [0.717, 1.165) is 12.1 Å². The lowest BCUT2D eigenvalue weighted by Gasteiger charge is -2.08. The number of nitro groups is 1. The zero-order valence-corrected chi connectivity index (χ0v) is 15.2. The van der Waals surface area contributed by atoms with Gasteiger partial charge in [0.2, 0.25) is 11.7 Å². The number of anilines is 1. The highest BCUT2D eigenvalue weighted by Crippen LogP contribution is 2.22. The number of nitro benzene ring substituents is 1. The SMILES string of the molecule is O=C(/C=C/c1ccc(Cl)cc1Cl)NC(=S)Nc1ccc(F)c([N+](=O)[O-])c1. The summed E-state index contributed by atoms with van der Waals surface area (Å²) in [4.78, 5) is 21.7. The Morgan fingerprint density at radius 3 is 2.62 bits per heavy atom. The molecule has 0 fully saturated rings. The lowest BCUT2D eigenvalue weighted by molar-refractivity contribution is -0.387. The van der Waals surface area contributed by atoms with E-state index in [1.165, 1.54) is 24.3 Å². The zero-order valence-electron chi connectivity index (χ0n) is 12.8. The molecule has 2 rings (SSSR count). The van der Waals surface area contributed by atoms with Crippen LogP contribution in [0, 0.1) is 15.9 Å². The van der Waals surface area contributed by atoms with E-state index in [0.29, 0.717) is 15.6 Å². The number of hydrogen-bond acceptors (Lipinski definition) is 4. The third-order valence-corrected chi connectivity index (χ3v) is 3.78. The second kappa shape index (κ2) is 8.70. The maximum Gasteiger partial charge on any atom is 0.306 e. The minimum atomic E-state index is -0.974. The van der Waals surface area contributed by atoms with E-state index in [1.54, 1.807) is 12.1 Å². The first kappa shape index (κ1) is 19.8. The van der Waals surface area contributed by atoms with Crippen LogP contribution in [0.1, 0.15) is 5.56 Å². The highest BCUT2D eigenvalue weighted by Gasteiger charge is 2.14. The Balaban J connectivity index is 1.99. The first-order valence-electron chi connectivity index (χ1n) is 6.95. The quantitative estimate of drug-likeness (QED) is 0.332. The fourth-order valence-electron chi connectivity index (χ4n) is 1.85.